The summed E-state index contributed by atoms with van der Waals surface area (Å²) in [5.41, 5.74) is 0.530. The third-order valence-corrected chi connectivity index (χ3v) is 5.55. The highest BCUT2D eigenvalue weighted by atomic mass is 35.5. The molecule has 138 valence electrons. The number of para-hydroxylation sites is 1. The number of carbonyl (C=O) groups is 1. The molecule has 0 N–H and O–H groups in total. The molecule has 3 aromatic rings. The predicted molar refractivity (Wildman–Crippen MR) is 109 cm³/mol. The normalized spacial score (nSPS) is 10.7. The zero-order chi connectivity index (χ0) is 19.4. The highest BCUT2D eigenvalue weighted by Gasteiger charge is 2.17. The number of nitro groups is 1. The first kappa shape index (κ1) is 19.2. The number of amides is 1. The van der Waals surface area contributed by atoms with Crippen molar-refractivity contribution >= 4 is 45.7 Å². The van der Waals surface area contributed by atoms with Crippen molar-refractivity contribution in [2.75, 3.05) is 12.8 Å². The van der Waals surface area contributed by atoms with Gasteiger partial charge in [0, 0.05) is 34.0 Å². The Morgan fingerprint density at radius 1 is 1.11 bits per heavy atom. The Labute approximate surface area is 166 Å². The molecule has 0 heterocycles. The zero-order valence-electron chi connectivity index (χ0n) is 14.6. The average Bonchev–Trinajstić information content (AvgIpc) is 2.66. The molecule has 0 spiro atoms. The van der Waals surface area contributed by atoms with Crippen LogP contribution in [0, 0.1) is 10.1 Å². The highest BCUT2D eigenvalue weighted by Crippen LogP contribution is 2.33. The molecule has 0 saturated carbocycles. The van der Waals surface area contributed by atoms with Crippen LogP contribution >= 0.6 is 23.4 Å². The minimum atomic E-state index is -0.430. The summed E-state index contributed by atoms with van der Waals surface area (Å²) in [6.07, 6.45) is 0. The largest absolute Gasteiger partial charge is 0.340 e. The molecule has 0 radical (unpaired) electrons. The van der Waals surface area contributed by atoms with E-state index < -0.39 is 4.92 Å². The first-order chi connectivity index (χ1) is 13.0. The molecule has 0 saturated heterocycles. The van der Waals surface area contributed by atoms with Crippen LogP contribution in [0.2, 0.25) is 5.02 Å². The van der Waals surface area contributed by atoms with E-state index in [0.717, 1.165) is 15.7 Å². The first-order valence-electron chi connectivity index (χ1n) is 8.23. The van der Waals surface area contributed by atoms with Gasteiger partial charge in [-0.15, -0.1) is 11.8 Å². The maximum absolute atomic E-state index is 12.5. The smallest absolute Gasteiger partial charge is 0.274 e. The van der Waals surface area contributed by atoms with Crippen LogP contribution in [-0.2, 0) is 11.3 Å². The molecule has 0 aromatic heterocycles. The monoisotopic (exact) mass is 400 g/mol. The van der Waals surface area contributed by atoms with Crippen LogP contribution in [0.3, 0.4) is 0 Å². The van der Waals surface area contributed by atoms with Gasteiger partial charge in [0.2, 0.25) is 5.91 Å². The maximum atomic E-state index is 12.5. The van der Waals surface area contributed by atoms with Crippen molar-refractivity contribution in [3.05, 3.63) is 81.4 Å². The fraction of sp³-hybridized carbons (Fsp3) is 0.150. The Balaban J connectivity index is 1.71. The zero-order valence-corrected chi connectivity index (χ0v) is 16.2. The molecule has 0 fully saturated rings. The minimum Gasteiger partial charge on any atom is -0.340 e. The van der Waals surface area contributed by atoms with Gasteiger partial charge in [0.1, 0.15) is 0 Å². The van der Waals surface area contributed by atoms with Crippen molar-refractivity contribution in [1.82, 2.24) is 4.90 Å². The summed E-state index contributed by atoms with van der Waals surface area (Å²) in [4.78, 5) is 25.7. The Morgan fingerprint density at radius 3 is 2.56 bits per heavy atom. The molecule has 27 heavy (non-hydrogen) atoms. The average molecular weight is 401 g/mol. The molecule has 0 aliphatic carbocycles. The molecule has 3 rings (SSSR count). The molecule has 5 nitrogen and oxygen atoms in total. The van der Waals surface area contributed by atoms with Crippen LogP contribution in [0.5, 0.6) is 0 Å². The second-order valence-corrected chi connectivity index (χ2v) is 7.44. The van der Waals surface area contributed by atoms with E-state index in [1.807, 2.05) is 36.4 Å². The lowest BCUT2D eigenvalue weighted by molar-refractivity contribution is -0.385. The van der Waals surface area contributed by atoms with E-state index >= 15 is 0 Å². The van der Waals surface area contributed by atoms with Gasteiger partial charge in [-0.2, -0.15) is 0 Å². The summed E-state index contributed by atoms with van der Waals surface area (Å²) in [5, 5.41) is 13.7. The molecule has 0 unspecified atom stereocenters. The van der Waals surface area contributed by atoms with Crippen molar-refractivity contribution in [1.29, 1.82) is 0 Å². The number of fused-ring (bicyclic) bond motifs is 1. The van der Waals surface area contributed by atoms with Crippen molar-refractivity contribution < 1.29 is 9.72 Å². The van der Waals surface area contributed by atoms with E-state index in [1.54, 1.807) is 25.2 Å². The Bertz CT molecular complexity index is 1000. The van der Waals surface area contributed by atoms with E-state index in [9.17, 15) is 14.9 Å². The summed E-state index contributed by atoms with van der Waals surface area (Å²) in [6.45, 7) is 0.187. The number of carbonyl (C=O) groups excluding carboxylic acids is 1. The molecular formula is C20H17ClN2O3S. The van der Waals surface area contributed by atoms with E-state index in [-0.39, 0.29) is 23.9 Å². The van der Waals surface area contributed by atoms with Gasteiger partial charge in [-0.05, 0) is 17.5 Å². The summed E-state index contributed by atoms with van der Waals surface area (Å²) < 4.78 is 0. The molecule has 0 aliphatic rings. The van der Waals surface area contributed by atoms with Crippen LogP contribution in [0.15, 0.2) is 65.6 Å². The third-order valence-electron chi connectivity index (χ3n) is 4.19. The summed E-state index contributed by atoms with van der Waals surface area (Å²) in [5.74, 6) is 0.115. The van der Waals surface area contributed by atoms with Crippen LogP contribution in [0.25, 0.3) is 10.8 Å². The van der Waals surface area contributed by atoms with Gasteiger partial charge < -0.3 is 4.90 Å². The molecule has 0 bridgehead atoms. The number of rotatable bonds is 6. The van der Waals surface area contributed by atoms with Gasteiger partial charge in [0.15, 0.2) is 0 Å². The molecule has 1 amide bonds. The Morgan fingerprint density at radius 2 is 1.81 bits per heavy atom. The topological polar surface area (TPSA) is 63.4 Å². The van der Waals surface area contributed by atoms with Gasteiger partial charge in [-0.3, -0.25) is 14.9 Å². The number of hydrogen-bond acceptors (Lipinski definition) is 4. The molecular weight excluding hydrogens is 384 g/mol. The fourth-order valence-corrected chi connectivity index (χ4v) is 4.18. The SMILES string of the molecule is CN(Cc1ccccc1[N+](=O)[O-])C(=O)CSc1cccc2cccc(Cl)c12. The summed E-state index contributed by atoms with van der Waals surface area (Å²) in [6, 6.07) is 18.0. The van der Waals surface area contributed by atoms with Gasteiger partial charge in [-0.1, -0.05) is 54.1 Å². The third kappa shape index (κ3) is 4.40. The minimum absolute atomic E-state index is 0.0191. The highest BCUT2D eigenvalue weighted by molar-refractivity contribution is 8.00. The van der Waals surface area contributed by atoms with Crippen molar-refractivity contribution in [2.45, 2.75) is 11.4 Å². The van der Waals surface area contributed by atoms with Crippen LogP contribution in [-0.4, -0.2) is 28.5 Å². The number of thioether (sulfide) groups is 1. The summed E-state index contributed by atoms with van der Waals surface area (Å²) in [7, 11) is 1.65. The molecule has 0 aliphatic heterocycles. The van der Waals surface area contributed by atoms with E-state index in [0.29, 0.717) is 10.6 Å². The lowest BCUT2D eigenvalue weighted by atomic mass is 10.1. The lowest BCUT2D eigenvalue weighted by Gasteiger charge is -2.17. The molecule has 0 atom stereocenters. The molecule has 7 heteroatoms. The Kier molecular flexibility index (Phi) is 5.98. The lowest BCUT2D eigenvalue weighted by Crippen LogP contribution is -2.28. The van der Waals surface area contributed by atoms with Crippen molar-refractivity contribution in [2.24, 2.45) is 0 Å². The van der Waals surface area contributed by atoms with Gasteiger partial charge in [-0.25, -0.2) is 0 Å². The van der Waals surface area contributed by atoms with Gasteiger partial charge in [0.05, 0.1) is 17.2 Å². The Hall–Kier alpha value is -2.57. The number of benzene rings is 3. The van der Waals surface area contributed by atoms with Gasteiger partial charge >= 0.3 is 0 Å². The van der Waals surface area contributed by atoms with Gasteiger partial charge in [0.25, 0.3) is 5.69 Å². The summed E-state index contributed by atoms with van der Waals surface area (Å²) >= 11 is 7.73. The van der Waals surface area contributed by atoms with Crippen LogP contribution < -0.4 is 0 Å². The van der Waals surface area contributed by atoms with Crippen molar-refractivity contribution in [3.63, 3.8) is 0 Å². The molecule has 3 aromatic carbocycles. The van der Waals surface area contributed by atoms with E-state index in [2.05, 4.69) is 0 Å². The predicted octanol–water partition coefficient (Wildman–Crippen LogP) is 5.15. The van der Waals surface area contributed by atoms with Crippen molar-refractivity contribution in [3.8, 4) is 0 Å². The number of halogens is 1. The first-order valence-corrected chi connectivity index (χ1v) is 9.60. The number of nitro benzene ring substituents is 1. The van der Waals surface area contributed by atoms with Crippen LogP contribution in [0.1, 0.15) is 5.56 Å². The fourth-order valence-electron chi connectivity index (χ4n) is 2.80. The number of hydrogen-bond donors (Lipinski definition) is 0. The second kappa shape index (κ2) is 8.41. The standard InChI is InChI=1S/C20H17ClN2O3S/c1-22(12-15-6-2-3-10-17(15)23(25)26)19(24)13-27-18-11-5-8-14-7-4-9-16(21)20(14)18/h2-11H,12-13H2,1H3. The van der Waals surface area contributed by atoms with E-state index in [1.165, 1.54) is 22.7 Å². The maximum Gasteiger partial charge on any atom is 0.274 e. The quantitative estimate of drug-likeness (QED) is 0.326. The van der Waals surface area contributed by atoms with Crippen LogP contribution in [0.4, 0.5) is 5.69 Å². The second-order valence-electron chi connectivity index (χ2n) is 6.02. The number of nitrogens with zero attached hydrogens (tertiary/aromatic N) is 2. The van der Waals surface area contributed by atoms with E-state index in [4.69, 9.17) is 11.6 Å².